The minimum Gasteiger partial charge on any atom is -0.300 e. The van der Waals surface area contributed by atoms with Gasteiger partial charge in [0, 0.05) is 25.3 Å². The van der Waals surface area contributed by atoms with E-state index in [2.05, 4.69) is 12.0 Å². The van der Waals surface area contributed by atoms with E-state index < -0.39 is 0 Å². The summed E-state index contributed by atoms with van der Waals surface area (Å²) in [6.07, 6.45) is 4.97. The van der Waals surface area contributed by atoms with Crippen LogP contribution < -0.4 is 0 Å². The molecule has 0 amide bonds. The summed E-state index contributed by atoms with van der Waals surface area (Å²) in [6, 6.07) is 0. The van der Waals surface area contributed by atoms with Crippen LogP contribution in [0.15, 0.2) is 6.20 Å². The molecular formula is C11H15ClN2O. The molecule has 1 aromatic rings. The summed E-state index contributed by atoms with van der Waals surface area (Å²) in [5.74, 6) is 0.638. The average Bonchev–Trinajstić information content (AvgIpc) is 2.74. The Morgan fingerprint density at radius 2 is 2.47 bits per heavy atom. The highest BCUT2D eigenvalue weighted by Crippen LogP contribution is 2.35. The molecule has 1 aromatic heterocycles. The third-order valence-corrected chi connectivity index (χ3v) is 3.19. The second-order valence-corrected chi connectivity index (χ2v) is 4.49. The van der Waals surface area contributed by atoms with Gasteiger partial charge in [-0.2, -0.15) is 5.10 Å². The molecule has 1 unspecified atom stereocenters. The highest BCUT2D eigenvalue weighted by atomic mass is 35.5. The molecular weight excluding hydrogens is 212 g/mol. The van der Waals surface area contributed by atoms with Crippen molar-refractivity contribution >= 4 is 17.4 Å². The molecule has 3 nitrogen and oxygen atoms in total. The monoisotopic (exact) mass is 226 g/mol. The lowest BCUT2D eigenvalue weighted by atomic mass is 10.0. The van der Waals surface area contributed by atoms with Gasteiger partial charge in [0.15, 0.2) is 0 Å². The summed E-state index contributed by atoms with van der Waals surface area (Å²) < 4.78 is 1.95. The summed E-state index contributed by atoms with van der Waals surface area (Å²) in [5.41, 5.74) is 1.06. The van der Waals surface area contributed by atoms with Crippen molar-refractivity contribution in [3.05, 3.63) is 16.9 Å². The number of aromatic nitrogens is 2. The van der Waals surface area contributed by atoms with E-state index in [4.69, 9.17) is 11.6 Å². The number of carbonyl (C=O) groups is 1. The van der Waals surface area contributed by atoms with E-state index in [0.29, 0.717) is 29.6 Å². The standard InChI is InChI=1S/C11H15ClN2O/c1-2-5-14-11(10(12)7-13-14)8-3-4-9(15)6-8/h7-8H,2-6H2,1H3. The summed E-state index contributed by atoms with van der Waals surface area (Å²) in [5, 5.41) is 4.96. The van der Waals surface area contributed by atoms with Crippen molar-refractivity contribution in [1.29, 1.82) is 0 Å². The maximum absolute atomic E-state index is 11.3. The van der Waals surface area contributed by atoms with Crippen molar-refractivity contribution in [3.8, 4) is 0 Å². The Bertz CT molecular complexity index is 373. The van der Waals surface area contributed by atoms with Crippen LogP contribution in [0, 0.1) is 0 Å². The molecule has 0 spiro atoms. The molecule has 2 rings (SSSR count). The van der Waals surface area contributed by atoms with Gasteiger partial charge in [-0.25, -0.2) is 0 Å². The lowest BCUT2D eigenvalue weighted by Crippen LogP contribution is -2.08. The van der Waals surface area contributed by atoms with Crippen LogP contribution in [0.3, 0.4) is 0 Å². The fraction of sp³-hybridized carbons (Fsp3) is 0.636. The Kier molecular flexibility index (Phi) is 3.10. The molecule has 1 aliphatic carbocycles. The highest BCUT2D eigenvalue weighted by molar-refractivity contribution is 6.31. The quantitative estimate of drug-likeness (QED) is 0.795. The number of ketones is 1. The zero-order valence-electron chi connectivity index (χ0n) is 8.87. The second kappa shape index (κ2) is 4.35. The van der Waals surface area contributed by atoms with Crippen LogP contribution in [0.25, 0.3) is 0 Å². The first-order valence-corrected chi connectivity index (χ1v) is 5.83. The van der Waals surface area contributed by atoms with Gasteiger partial charge in [0.25, 0.3) is 0 Å². The van der Waals surface area contributed by atoms with Crippen LogP contribution in [0.1, 0.15) is 44.2 Å². The zero-order chi connectivity index (χ0) is 10.8. The molecule has 82 valence electrons. The number of hydrogen-bond donors (Lipinski definition) is 0. The summed E-state index contributed by atoms with van der Waals surface area (Å²) >= 11 is 6.11. The van der Waals surface area contributed by atoms with E-state index in [1.54, 1.807) is 6.20 Å². The predicted octanol–water partition coefficient (Wildman–Crippen LogP) is 2.78. The number of Topliss-reactive ketones (excluding diaryl/α,β-unsaturated/α-hetero) is 1. The number of hydrogen-bond acceptors (Lipinski definition) is 2. The van der Waals surface area contributed by atoms with Crippen LogP contribution in [-0.2, 0) is 11.3 Å². The molecule has 0 aromatic carbocycles. The van der Waals surface area contributed by atoms with Gasteiger partial charge >= 0.3 is 0 Å². The number of carbonyl (C=O) groups excluding carboxylic acids is 1. The fourth-order valence-electron chi connectivity index (χ4n) is 2.22. The maximum Gasteiger partial charge on any atom is 0.133 e. The SMILES string of the molecule is CCCn1ncc(Cl)c1C1CCC(=O)C1. The normalized spacial score (nSPS) is 21.2. The Hall–Kier alpha value is -0.830. The summed E-state index contributed by atoms with van der Waals surface area (Å²) in [6.45, 7) is 2.99. The Labute approximate surface area is 94.4 Å². The molecule has 1 atom stereocenters. The van der Waals surface area contributed by atoms with Crippen molar-refractivity contribution in [2.75, 3.05) is 0 Å². The maximum atomic E-state index is 11.3. The number of aryl methyl sites for hydroxylation is 1. The minimum absolute atomic E-state index is 0.291. The molecule has 0 saturated heterocycles. The van der Waals surface area contributed by atoms with Gasteiger partial charge in [-0.3, -0.25) is 9.48 Å². The van der Waals surface area contributed by atoms with E-state index in [1.807, 2.05) is 4.68 Å². The third-order valence-electron chi connectivity index (χ3n) is 2.90. The van der Waals surface area contributed by atoms with E-state index in [-0.39, 0.29) is 0 Å². The molecule has 1 heterocycles. The van der Waals surface area contributed by atoms with Gasteiger partial charge < -0.3 is 0 Å². The van der Waals surface area contributed by atoms with Gasteiger partial charge in [-0.1, -0.05) is 18.5 Å². The minimum atomic E-state index is 0.291. The van der Waals surface area contributed by atoms with Crippen molar-refractivity contribution in [2.45, 2.75) is 45.1 Å². The van der Waals surface area contributed by atoms with Crippen molar-refractivity contribution in [1.82, 2.24) is 9.78 Å². The lowest BCUT2D eigenvalue weighted by Gasteiger charge is -2.12. The van der Waals surface area contributed by atoms with E-state index >= 15 is 0 Å². The van der Waals surface area contributed by atoms with Crippen molar-refractivity contribution in [2.24, 2.45) is 0 Å². The van der Waals surface area contributed by atoms with Crippen LogP contribution in [-0.4, -0.2) is 15.6 Å². The molecule has 1 saturated carbocycles. The Morgan fingerprint density at radius 1 is 1.67 bits per heavy atom. The van der Waals surface area contributed by atoms with Gasteiger partial charge in [-0.15, -0.1) is 0 Å². The number of rotatable bonds is 3. The van der Waals surface area contributed by atoms with Crippen LogP contribution in [0.5, 0.6) is 0 Å². The van der Waals surface area contributed by atoms with Gasteiger partial charge in [0.1, 0.15) is 5.78 Å². The molecule has 4 heteroatoms. The van der Waals surface area contributed by atoms with Crippen molar-refractivity contribution < 1.29 is 4.79 Å². The van der Waals surface area contributed by atoms with Crippen LogP contribution >= 0.6 is 11.6 Å². The Balaban J connectivity index is 2.25. The topological polar surface area (TPSA) is 34.9 Å². The zero-order valence-corrected chi connectivity index (χ0v) is 9.63. The highest BCUT2D eigenvalue weighted by Gasteiger charge is 2.28. The molecule has 0 radical (unpaired) electrons. The second-order valence-electron chi connectivity index (χ2n) is 4.08. The van der Waals surface area contributed by atoms with E-state index in [0.717, 1.165) is 25.1 Å². The first-order chi connectivity index (χ1) is 7.22. The van der Waals surface area contributed by atoms with E-state index in [1.165, 1.54) is 0 Å². The number of nitrogens with zero attached hydrogens (tertiary/aromatic N) is 2. The predicted molar refractivity (Wildman–Crippen MR) is 59.1 cm³/mol. The Morgan fingerprint density at radius 3 is 3.07 bits per heavy atom. The van der Waals surface area contributed by atoms with Crippen molar-refractivity contribution in [3.63, 3.8) is 0 Å². The smallest absolute Gasteiger partial charge is 0.133 e. The fourth-order valence-corrected chi connectivity index (χ4v) is 2.51. The summed E-state index contributed by atoms with van der Waals surface area (Å²) in [7, 11) is 0. The van der Waals surface area contributed by atoms with Gasteiger partial charge in [-0.05, 0) is 12.8 Å². The largest absolute Gasteiger partial charge is 0.300 e. The van der Waals surface area contributed by atoms with Crippen LogP contribution in [0.4, 0.5) is 0 Å². The molecule has 15 heavy (non-hydrogen) atoms. The molecule has 0 bridgehead atoms. The van der Waals surface area contributed by atoms with E-state index in [9.17, 15) is 4.79 Å². The number of halogens is 1. The third kappa shape index (κ3) is 2.07. The first-order valence-electron chi connectivity index (χ1n) is 5.45. The van der Waals surface area contributed by atoms with Gasteiger partial charge in [0.2, 0.25) is 0 Å². The summed E-state index contributed by atoms with van der Waals surface area (Å²) in [4.78, 5) is 11.3. The lowest BCUT2D eigenvalue weighted by molar-refractivity contribution is -0.117. The molecule has 1 aliphatic rings. The van der Waals surface area contributed by atoms with Crippen LogP contribution in [0.2, 0.25) is 5.02 Å². The first kappa shape index (κ1) is 10.7. The average molecular weight is 227 g/mol. The van der Waals surface area contributed by atoms with Gasteiger partial charge in [0.05, 0.1) is 16.9 Å². The molecule has 1 fully saturated rings. The molecule has 0 aliphatic heterocycles. The molecule has 0 N–H and O–H groups in total.